The minimum Gasteiger partial charge on any atom is -0.497 e. The minimum atomic E-state index is 0.405. The fraction of sp³-hybridized carbons (Fsp3) is 0.667. The Hall–Kier alpha value is -1.06. The van der Waals surface area contributed by atoms with Crippen LogP contribution in [-0.4, -0.2) is 44.9 Å². The zero-order valence-electron chi connectivity index (χ0n) is 13.3. The molecule has 1 aromatic rings. The molecule has 116 valence electrons. The molecule has 1 heterocycles. The van der Waals surface area contributed by atoms with E-state index in [0.29, 0.717) is 12.0 Å². The zero-order chi connectivity index (χ0) is 14.7. The summed E-state index contributed by atoms with van der Waals surface area (Å²) in [6, 6.07) is 8.49. The van der Waals surface area contributed by atoms with Crippen molar-refractivity contribution < 1.29 is 9.47 Å². The van der Waals surface area contributed by atoms with Crippen molar-refractivity contribution in [1.82, 2.24) is 4.90 Å². The Morgan fingerprint density at radius 3 is 2.48 bits per heavy atom. The zero-order valence-corrected chi connectivity index (χ0v) is 13.3. The van der Waals surface area contributed by atoms with Crippen LogP contribution in [0.1, 0.15) is 24.8 Å². The second kappa shape index (κ2) is 6.80. The molecule has 1 saturated heterocycles. The van der Waals surface area contributed by atoms with E-state index in [2.05, 4.69) is 29.2 Å². The lowest BCUT2D eigenvalue weighted by molar-refractivity contribution is -0.00734. The number of ether oxygens (including phenoxy) is 2. The highest BCUT2D eigenvalue weighted by molar-refractivity contribution is 5.27. The molecule has 1 aromatic carbocycles. The van der Waals surface area contributed by atoms with Gasteiger partial charge in [-0.2, -0.15) is 0 Å². The quantitative estimate of drug-likeness (QED) is 0.803. The maximum atomic E-state index is 5.74. The maximum Gasteiger partial charge on any atom is 0.118 e. The van der Waals surface area contributed by atoms with Gasteiger partial charge in [0.1, 0.15) is 5.75 Å². The predicted molar refractivity (Wildman–Crippen MR) is 84.8 cm³/mol. The molecule has 3 rings (SSSR count). The molecule has 0 N–H and O–H groups in total. The van der Waals surface area contributed by atoms with Gasteiger partial charge >= 0.3 is 0 Å². The first kappa shape index (κ1) is 14.9. The first-order chi connectivity index (χ1) is 10.3. The first-order valence-electron chi connectivity index (χ1n) is 8.16. The van der Waals surface area contributed by atoms with Crippen molar-refractivity contribution in [3.05, 3.63) is 29.8 Å². The molecule has 0 amide bonds. The fourth-order valence-electron chi connectivity index (χ4n) is 3.49. The van der Waals surface area contributed by atoms with E-state index >= 15 is 0 Å². The molecule has 2 aliphatic rings. The summed E-state index contributed by atoms with van der Waals surface area (Å²) in [6.07, 6.45) is 5.55. The smallest absolute Gasteiger partial charge is 0.118 e. The van der Waals surface area contributed by atoms with Crippen LogP contribution < -0.4 is 4.74 Å². The Labute approximate surface area is 128 Å². The number of methoxy groups -OCH3 is 2. The van der Waals surface area contributed by atoms with Gasteiger partial charge in [-0.25, -0.2) is 0 Å². The van der Waals surface area contributed by atoms with Gasteiger partial charge in [0.15, 0.2) is 0 Å². The molecule has 1 aliphatic carbocycles. The molecule has 1 saturated carbocycles. The van der Waals surface area contributed by atoms with Gasteiger partial charge in [0, 0.05) is 32.7 Å². The number of rotatable bonds is 6. The van der Waals surface area contributed by atoms with Crippen molar-refractivity contribution in [2.24, 2.45) is 11.8 Å². The standard InChI is InChI=1S/C18H27NO2/c1-20-17-7-5-14(6-8-17)11-16-13-19(12-15-3-4-15)10-9-18(16)21-2/h5-8,15-16,18H,3-4,9-13H2,1-2H3/t16-,18-/m0/s1. The average molecular weight is 289 g/mol. The number of hydrogen-bond donors (Lipinski definition) is 0. The lowest BCUT2D eigenvalue weighted by Crippen LogP contribution is -2.45. The van der Waals surface area contributed by atoms with Gasteiger partial charge in [-0.1, -0.05) is 12.1 Å². The molecule has 1 aliphatic heterocycles. The van der Waals surface area contributed by atoms with Crippen molar-refractivity contribution >= 4 is 0 Å². The number of nitrogens with zero attached hydrogens (tertiary/aromatic N) is 1. The first-order valence-corrected chi connectivity index (χ1v) is 8.16. The molecule has 0 aromatic heterocycles. The molecule has 0 spiro atoms. The van der Waals surface area contributed by atoms with Gasteiger partial charge in [-0.15, -0.1) is 0 Å². The summed E-state index contributed by atoms with van der Waals surface area (Å²) < 4.78 is 11.0. The SMILES string of the molecule is COc1ccc(C[C@H]2CN(CC3CC3)CC[C@@H]2OC)cc1. The lowest BCUT2D eigenvalue weighted by Gasteiger charge is -2.38. The molecular formula is C18H27NO2. The van der Waals surface area contributed by atoms with Gasteiger partial charge in [-0.3, -0.25) is 0 Å². The van der Waals surface area contributed by atoms with Crippen molar-refractivity contribution in [3.8, 4) is 5.75 Å². The van der Waals surface area contributed by atoms with Gasteiger partial charge in [0.05, 0.1) is 13.2 Å². The van der Waals surface area contributed by atoms with E-state index in [4.69, 9.17) is 9.47 Å². The highest BCUT2D eigenvalue weighted by Gasteiger charge is 2.32. The molecule has 0 bridgehead atoms. The predicted octanol–water partition coefficient (Wildman–Crippen LogP) is 2.98. The van der Waals surface area contributed by atoms with Gasteiger partial charge in [-0.05, 0) is 49.3 Å². The van der Waals surface area contributed by atoms with Crippen LogP contribution >= 0.6 is 0 Å². The summed E-state index contributed by atoms with van der Waals surface area (Å²) in [6.45, 7) is 3.69. The summed E-state index contributed by atoms with van der Waals surface area (Å²) in [4.78, 5) is 2.65. The van der Waals surface area contributed by atoms with Crippen LogP contribution in [0.4, 0.5) is 0 Å². The molecule has 0 radical (unpaired) electrons. The molecule has 3 nitrogen and oxygen atoms in total. The third-order valence-electron chi connectivity index (χ3n) is 4.92. The Morgan fingerprint density at radius 1 is 1.10 bits per heavy atom. The molecule has 0 unspecified atom stereocenters. The van der Waals surface area contributed by atoms with Crippen molar-refractivity contribution in [2.75, 3.05) is 33.9 Å². The highest BCUT2D eigenvalue weighted by atomic mass is 16.5. The fourth-order valence-corrected chi connectivity index (χ4v) is 3.49. The minimum absolute atomic E-state index is 0.405. The van der Waals surface area contributed by atoms with Crippen molar-refractivity contribution in [2.45, 2.75) is 31.8 Å². The summed E-state index contributed by atoms with van der Waals surface area (Å²) in [5.41, 5.74) is 1.39. The van der Waals surface area contributed by atoms with E-state index in [1.165, 1.54) is 44.5 Å². The van der Waals surface area contributed by atoms with Gasteiger partial charge in [0.2, 0.25) is 0 Å². The molecule has 2 fully saturated rings. The van der Waals surface area contributed by atoms with Crippen LogP contribution in [0.15, 0.2) is 24.3 Å². The van der Waals surface area contributed by atoms with Crippen LogP contribution in [-0.2, 0) is 11.2 Å². The number of benzene rings is 1. The van der Waals surface area contributed by atoms with E-state index in [1.54, 1.807) is 7.11 Å². The molecule has 2 atom stereocenters. The van der Waals surface area contributed by atoms with Gasteiger partial charge < -0.3 is 14.4 Å². The van der Waals surface area contributed by atoms with E-state index in [9.17, 15) is 0 Å². The van der Waals surface area contributed by atoms with Crippen molar-refractivity contribution in [3.63, 3.8) is 0 Å². The maximum absolute atomic E-state index is 5.74. The summed E-state index contributed by atoms with van der Waals surface area (Å²) in [7, 11) is 3.58. The summed E-state index contributed by atoms with van der Waals surface area (Å²) in [5.74, 6) is 2.52. The largest absolute Gasteiger partial charge is 0.497 e. The lowest BCUT2D eigenvalue weighted by atomic mass is 9.88. The Kier molecular flexibility index (Phi) is 4.81. The van der Waals surface area contributed by atoms with E-state index in [1.807, 2.05) is 7.11 Å². The third-order valence-corrected chi connectivity index (χ3v) is 4.92. The van der Waals surface area contributed by atoms with Gasteiger partial charge in [0.25, 0.3) is 0 Å². The van der Waals surface area contributed by atoms with Crippen LogP contribution in [0.2, 0.25) is 0 Å². The van der Waals surface area contributed by atoms with E-state index < -0.39 is 0 Å². The van der Waals surface area contributed by atoms with Crippen LogP contribution in [0.5, 0.6) is 5.75 Å². The van der Waals surface area contributed by atoms with Crippen LogP contribution in [0.25, 0.3) is 0 Å². The highest BCUT2D eigenvalue weighted by Crippen LogP contribution is 2.32. The molecule has 21 heavy (non-hydrogen) atoms. The second-order valence-electron chi connectivity index (χ2n) is 6.58. The Morgan fingerprint density at radius 2 is 1.86 bits per heavy atom. The Bertz CT molecular complexity index is 441. The molecular weight excluding hydrogens is 262 g/mol. The summed E-state index contributed by atoms with van der Waals surface area (Å²) >= 11 is 0. The number of piperidine rings is 1. The van der Waals surface area contributed by atoms with Crippen molar-refractivity contribution in [1.29, 1.82) is 0 Å². The topological polar surface area (TPSA) is 21.7 Å². The number of hydrogen-bond acceptors (Lipinski definition) is 3. The average Bonchev–Trinajstić information content (AvgIpc) is 3.32. The van der Waals surface area contributed by atoms with E-state index in [-0.39, 0.29) is 0 Å². The normalized spacial score (nSPS) is 26.8. The number of likely N-dealkylation sites (tertiary alicyclic amines) is 1. The summed E-state index contributed by atoms with van der Waals surface area (Å²) in [5, 5.41) is 0. The Balaban J connectivity index is 1.61. The third kappa shape index (κ3) is 3.98. The molecule has 3 heteroatoms. The second-order valence-corrected chi connectivity index (χ2v) is 6.58. The van der Waals surface area contributed by atoms with Crippen LogP contribution in [0, 0.1) is 11.8 Å². The van der Waals surface area contributed by atoms with E-state index in [0.717, 1.165) is 18.1 Å². The monoisotopic (exact) mass is 289 g/mol. The van der Waals surface area contributed by atoms with Crippen LogP contribution in [0.3, 0.4) is 0 Å².